The number of alkyl halides is 15. The summed E-state index contributed by atoms with van der Waals surface area (Å²) in [7, 11) is 4.78. The predicted octanol–water partition coefficient (Wildman–Crippen LogP) is 12.7. The Kier molecular flexibility index (Phi) is 53.4. The summed E-state index contributed by atoms with van der Waals surface area (Å²) in [6.45, 7) is 21.1. The number of aliphatic hydroxyl groups excluding tert-OH is 1. The van der Waals surface area contributed by atoms with Crippen molar-refractivity contribution in [1.82, 2.24) is 0 Å². The molecule has 0 aliphatic heterocycles. The van der Waals surface area contributed by atoms with E-state index in [1.54, 1.807) is 7.11 Å². The van der Waals surface area contributed by atoms with Gasteiger partial charge in [-0.1, -0.05) is 48.0 Å². The van der Waals surface area contributed by atoms with Gasteiger partial charge < -0.3 is 38.3 Å². The molecule has 370 valence electrons. The largest absolute Gasteiger partial charge is 0.426 e. The molecule has 0 rings (SSSR count). The Labute approximate surface area is 342 Å². The maximum absolute atomic E-state index is 11.9. The number of hydrogen-bond acceptors (Lipinski definition) is 8. The normalized spacial score (nSPS) is 12.8. The molecule has 1 N–H and O–H groups in total. The first kappa shape index (κ1) is 75.0. The van der Waals surface area contributed by atoms with Gasteiger partial charge in [-0.05, 0) is 53.9 Å². The van der Waals surface area contributed by atoms with Crippen molar-refractivity contribution in [2.24, 2.45) is 0 Å². The molecule has 0 bridgehead atoms. The van der Waals surface area contributed by atoms with Crippen LogP contribution in [0.1, 0.15) is 115 Å². The third kappa shape index (κ3) is 56.6. The predicted molar refractivity (Wildman–Crippen MR) is 197 cm³/mol. The van der Waals surface area contributed by atoms with E-state index in [-0.39, 0.29) is 25.9 Å². The molecule has 2 unspecified atom stereocenters. The number of methoxy groups -OCH3 is 5. The molecular weight excluding hydrogens is 845 g/mol. The summed E-state index contributed by atoms with van der Waals surface area (Å²) in [5, 5.41) is 8.86. The molecule has 0 saturated carbocycles. The van der Waals surface area contributed by atoms with Crippen LogP contribution < -0.4 is 0 Å². The molecule has 23 heteroatoms. The van der Waals surface area contributed by atoms with E-state index in [9.17, 15) is 65.9 Å². The number of halogens is 15. The molecule has 0 aromatic rings. The lowest BCUT2D eigenvalue weighted by atomic mass is 10.1. The van der Waals surface area contributed by atoms with Crippen LogP contribution in [0.4, 0.5) is 65.9 Å². The fourth-order valence-corrected chi connectivity index (χ4v) is 2.16. The van der Waals surface area contributed by atoms with Crippen molar-refractivity contribution in [2.75, 3.05) is 68.6 Å². The maximum atomic E-state index is 11.9. The standard InChI is InChI=1S/C6H14O2.C5H6F6O.C5H8F4O.C5H9F3O.C5H12O.C4H8F2O.C3H8O.C3H8/c1-3-6(7)5-8-4-2;1-3(12-2,4(6,7)8)5(9,10)11;1-4(6,7)3-5(8,9)10-2;1-3-4(9-2)5(6,7)8;1-3-5-6-4-2;1-3-4(5,6)7-2;1-3-4-2;1-3-2/h6-7H,3-5H2,1-2H3;1-2H3;3H2,1-2H3;4H,3H2,1-2H3;3-5H2,1-2H3;3H2,1-2H3;3H2,1-2H3;3H2,1-2H3. The van der Waals surface area contributed by atoms with Crippen LogP contribution in [0.25, 0.3) is 0 Å². The van der Waals surface area contributed by atoms with Crippen LogP contribution in [0, 0.1) is 0 Å². The first-order valence-electron chi connectivity index (χ1n) is 18.4. The lowest BCUT2D eigenvalue weighted by molar-refractivity contribution is -0.367. The van der Waals surface area contributed by atoms with Gasteiger partial charge >= 0.3 is 30.7 Å². The van der Waals surface area contributed by atoms with Crippen LogP contribution in [0.3, 0.4) is 0 Å². The van der Waals surface area contributed by atoms with E-state index in [4.69, 9.17) is 14.6 Å². The molecule has 0 heterocycles. The Morgan fingerprint density at radius 2 is 0.898 bits per heavy atom. The van der Waals surface area contributed by atoms with Gasteiger partial charge in [-0.25, -0.2) is 8.78 Å². The van der Waals surface area contributed by atoms with Crippen LogP contribution in [0.15, 0.2) is 0 Å². The van der Waals surface area contributed by atoms with Crippen molar-refractivity contribution in [2.45, 2.75) is 169 Å². The monoisotopic (exact) mass is 919 g/mol. The topological polar surface area (TPSA) is 84.8 Å². The fraction of sp³-hybridized carbons (Fsp3) is 1.00. The van der Waals surface area contributed by atoms with Crippen LogP contribution in [-0.2, 0) is 33.2 Å². The minimum Gasteiger partial charge on any atom is -0.391 e. The van der Waals surface area contributed by atoms with Crippen molar-refractivity contribution in [3.05, 3.63) is 0 Å². The Bertz CT molecular complexity index is 798. The van der Waals surface area contributed by atoms with Crippen molar-refractivity contribution in [3.63, 3.8) is 0 Å². The third-order valence-electron chi connectivity index (χ3n) is 5.86. The van der Waals surface area contributed by atoms with E-state index in [0.717, 1.165) is 46.9 Å². The zero-order valence-corrected chi connectivity index (χ0v) is 37.4. The SMILES string of the molecule is CCC.CCC(F)(F)OC.CCC(OC)C(F)(F)F.CCCOCC.CCOC.CCOCC(O)CC.COC(C)(C(F)(F)F)C(F)(F)F.COC(F)(F)CC(C)(F)F. The molecule has 2 atom stereocenters. The summed E-state index contributed by atoms with van der Waals surface area (Å²) in [6, 6.07) is 0. The van der Waals surface area contributed by atoms with Crippen LogP contribution >= 0.6 is 0 Å². The molecule has 8 nitrogen and oxygen atoms in total. The number of rotatable bonds is 16. The lowest BCUT2D eigenvalue weighted by Gasteiger charge is -2.32. The Balaban J connectivity index is -0.0000000863. The van der Waals surface area contributed by atoms with E-state index in [2.05, 4.69) is 44.5 Å². The van der Waals surface area contributed by atoms with Gasteiger partial charge in [-0.3, -0.25) is 0 Å². The molecular formula is C36H73F15O8. The van der Waals surface area contributed by atoms with Gasteiger partial charge in [0.05, 0.1) is 12.7 Å². The summed E-state index contributed by atoms with van der Waals surface area (Å²) >= 11 is 0. The van der Waals surface area contributed by atoms with E-state index < -0.39 is 54.8 Å². The Morgan fingerprint density at radius 3 is 0.983 bits per heavy atom. The van der Waals surface area contributed by atoms with E-state index in [0.29, 0.717) is 34.4 Å². The maximum Gasteiger partial charge on any atom is 0.426 e. The van der Waals surface area contributed by atoms with Crippen molar-refractivity contribution >= 4 is 0 Å². The highest BCUT2D eigenvalue weighted by Crippen LogP contribution is 2.44. The number of hydrogen-bond donors (Lipinski definition) is 1. The van der Waals surface area contributed by atoms with Crippen LogP contribution in [-0.4, -0.2) is 128 Å². The summed E-state index contributed by atoms with van der Waals surface area (Å²) < 4.78 is 205. The van der Waals surface area contributed by atoms with Crippen molar-refractivity contribution in [1.29, 1.82) is 0 Å². The van der Waals surface area contributed by atoms with Crippen LogP contribution in [0.2, 0.25) is 0 Å². The molecule has 0 aromatic carbocycles. The van der Waals surface area contributed by atoms with Gasteiger partial charge in [0.1, 0.15) is 6.42 Å². The second-order valence-electron chi connectivity index (χ2n) is 11.4. The zero-order chi connectivity index (χ0) is 49.4. The van der Waals surface area contributed by atoms with E-state index in [1.165, 1.54) is 20.3 Å². The quantitative estimate of drug-likeness (QED) is 0.121. The Hall–Kier alpha value is -1.37. The van der Waals surface area contributed by atoms with Crippen molar-refractivity contribution < 1.29 is 104 Å². The van der Waals surface area contributed by atoms with Gasteiger partial charge in [-0.2, -0.15) is 57.1 Å². The molecule has 0 saturated heterocycles. The van der Waals surface area contributed by atoms with E-state index in [1.807, 2.05) is 27.7 Å². The number of aliphatic hydroxyl groups is 1. The van der Waals surface area contributed by atoms with Crippen molar-refractivity contribution in [3.8, 4) is 0 Å². The smallest absolute Gasteiger partial charge is 0.391 e. The van der Waals surface area contributed by atoms with Crippen LogP contribution in [0.5, 0.6) is 0 Å². The van der Waals surface area contributed by atoms with Gasteiger partial charge in [0, 0.05) is 68.4 Å². The first-order chi connectivity index (χ1) is 26.5. The molecule has 0 radical (unpaired) electrons. The average molecular weight is 919 g/mol. The molecule has 0 fully saturated rings. The zero-order valence-electron chi connectivity index (χ0n) is 37.4. The van der Waals surface area contributed by atoms with Gasteiger partial charge in [0.25, 0.3) is 11.5 Å². The molecule has 0 aliphatic rings. The molecule has 0 aliphatic carbocycles. The summed E-state index contributed by atoms with van der Waals surface area (Å²) in [5.41, 5.74) is -4.08. The second kappa shape index (κ2) is 42.0. The average Bonchev–Trinajstić information content (AvgIpc) is 3.12. The summed E-state index contributed by atoms with van der Waals surface area (Å²) in [6.07, 6.45) is -22.3. The molecule has 0 spiro atoms. The fourth-order valence-electron chi connectivity index (χ4n) is 2.16. The van der Waals surface area contributed by atoms with Gasteiger partial charge in [0.15, 0.2) is 6.10 Å². The highest BCUT2D eigenvalue weighted by Gasteiger charge is 2.68. The first-order valence-corrected chi connectivity index (χ1v) is 18.4. The number of ether oxygens (including phenoxy) is 7. The minimum absolute atomic E-state index is 0.0278. The third-order valence-corrected chi connectivity index (χ3v) is 5.86. The highest BCUT2D eigenvalue weighted by atomic mass is 19.4. The van der Waals surface area contributed by atoms with Gasteiger partial charge in [-0.15, -0.1) is 0 Å². The minimum atomic E-state index is -5.46. The second-order valence-corrected chi connectivity index (χ2v) is 11.4. The summed E-state index contributed by atoms with van der Waals surface area (Å²) in [4.78, 5) is 0. The Morgan fingerprint density at radius 1 is 0.525 bits per heavy atom. The molecule has 0 aromatic heterocycles. The van der Waals surface area contributed by atoms with Gasteiger partial charge in [0.2, 0.25) is 0 Å². The van der Waals surface area contributed by atoms with E-state index >= 15 is 0 Å². The lowest BCUT2D eigenvalue weighted by Crippen LogP contribution is -2.55. The highest BCUT2D eigenvalue weighted by molar-refractivity contribution is 4.90. The summed E-state index contributed by atoms with van der Waals surface area (Å²) in [5.74, 6) is -3.39. The molecule has 0 amide bonds. The molecule has 59 heavy (non-hydrogen) atoms.